The highest BCUT2D eigenvalue weighted by molar-refractivity contribution is 5.98. The number of halogens is 2. The zero-order valence-electron chi connectivity index (χ0n) is 9.35. The third-order valence-corrected chi connectivity index (χ3v) is 2.10. The number of hydrogen-bond acceptors (Lipinski definition) is 4. The van der Waals surface area contributed by atoms with Crippen molar-refractivity contribution in [3.63, 3.8) is 0 Å². The number of aliphatic carboxylic acids is 1. The van der Waals surface area contributed by atoms with Gasteiger partial charge in [0.2, 0.25) is 0 Å². The van der Waals surface area contributed by atoms with E-state index in [2.05, 4.69) is 5.32 Å². The molecular weight excluding hydrogens is 266 g/mol. The number of nitro groups is 1. The van der Waals surface area contributed by atoms with Crippen LogP contribution in [0.3, 0.4) is 0 Å². The second-order valence-electron chi connectivity index (χ2n) is 3.44. The smallest absolute Gasteiger partial charge is 0.305 e. The number of nitro benzene ring substituents is 1. The van der Waals surface area contributed by atoms with Gasteiger partial charge in [0.05, 0.1) is 17.4 Å². The Labute approximate surface area is 105 Å². The first-order chi connectivity index (χ1) is 8.82. The van der Waals surface area contributed by atoms with Gasteiger partial charge in [-0.2, -0.15) is 0 Å². The average molecular weight is 274 g/mol. The molecule has 0 heterocycles. The Kier molecular flexibility index (Phi) is 4.46. The molecule has 0 aliphatic carbocycles. The molecule has 0 spiro atoms. The van der Waals surface area contributed by atoms with Crippen LogP contribution < -0.4 is 5.32 Å². The fraction of sp³-hybridized carbons (Fsp3) is 0.200. The van der Waals surface area contributed by atoms with E-state index in [0.29, 0.717) is 12.1 Å². The van der Waals surface area contributed by atoms with Crippen molar-refractivity contribution < 1.29 is 28.4 Å². The summed E-state index contributed by atoms with van der Waals surface area (Å²) >= 11 is 0. The van der Waals surface area contributed by atoms with Crippen LogP contribution in [0.15, 0.2) is 12.1 Å². The highest BCUT2D eigenvalue weighted by Crippen LogP contribution is 2.22. The fourth-order valence-corrected chi connectivity index (χ4v) is 1.25. The topological polar surface area (TPSA) is 110 Å². The molecule has 0 fully saturated rings. The van der Waals surface area contributed by atoms with E-state index in [-0.39, 0.29) is 6.54 Å². The molecule has 1 aromatic rings. The van der Waals surface area contributed by atoms with E-state index in [1.165, 1.54) is 0 Å². The summed E-state index contributed by atoms with van der Waals surface area (Å²) in [6.07, 6.45) is -0.400. The van der Waals surface area contributed by atoms with E-state index in [1.54, 1.807) is 0 Å². The third-order valence-electron chi connectivity index (χ3n) is 2.10. The summed E-state index contributed by atoms with van der Waals surface area (Å²) in [6.45, 7) is -0.287. The molecule has 0 aromatic heterocycles. The van der Waals surface area contributed by atoms with Gasteiger partial charge >= 0.3 is 5.97 Å². The highest BCUT2D eigenvalue weighted by Gasteiger charge is 2.23. The lowest BCUT2D eigenvalue weighted by Crippen LogP contribution is -2.27. The van der Waals surface area contributed by atoms with Crippen LogP contribution in [-0.4, -0.2) is 28.5 Å². The summed E-state index contributed by atoms with van der Waals surface area (Å²) in [7, 11) is 0. The van der Waals surface area contributed by atoms with Gasteiger partial charge in [0.25, 0.3) is 11.6 Å². The van der Waals surface area contributed by atoms with Crippen molar-refractivity contribution in [2.75, 3.05) is 6.54 Å². The van der Waals surface area contributed by atoms with E-state index in [9.17, 15) is 28.5 Å². The first-order valence-electron chi connectivity index (χ1n) is 4.96. The molecule has 1 aromatic carbocycles. The minimum Gasteiger partial charge on any atom is -0.481 e. The Morgan fingerprint density at radius 2 is 1.89 bits per heavy atom. The number of amides is 1. The summed E-state index contributed by atoms with van der Waals surface area (Å²) in [5, 5.41) is 21.0. The standard InChI is InChI=1S/C10H8F2N2O5/c11-6-3-5(8(14(18)19)4-7(6)12)10(17)13-2-1-9(15)16/h3-4H,1-2H2,(H,13,17)(H,15,16). The van der Waals surface area contributed by atoms with Crippen LogP contribution >= 0.6 is 0 Å². The summed E-state index contributed by atoms with van der Waals surface area (Å²) in [4.78, 5) is 31.3. The van der Waals surface area contributed by atoms with Gasteiger partial charge in [0.1, 0.15) is 5.56 Å². The molecule has 0 aliphatic heterocycles. The molecule has 2 N–H and O–H groups in total. The average Bonchev–Trinajstić information content (AvgIpc) is 2.31. The number of carboxylic acids is 1. The van der Waals surface area contributed by atoms with E-state index < -0.39 is 46.1 Å². The maximum Gasteiger partial charge on any atom is 0.305 e. The lowest BCUT2D eigenvalue weighted by atomic mass is 10.1. The van der Waals surface area contributed by atoms with Crippen LogP contribution in [0, 0.1) is 21.7 Å². The Balaban J connectivity index is 2.98. The minimum absolute atomic E-state index is 0.287. The number of carbonyl (C=O) groups excluding carboxylic acids is 1. The van der Waals surface area contributed by atoms with Crippen LogP contribution in [0.25, 0.3) is 0 Å². The SMILES string of the molecule is O=C(O)CCNC(=O)c1cc(F)c(F)cc1[N+](=O)[O-]. The molecule has 1 rings (SSSR count). The van der Waals surface area contributed by atoms with Crippen molar-refractivity contribution >= 4 is 17.6 Å². The van der Waals surface area contributed by atoms with Gasteiger partial charge in [0, 0.05) is 6.54 Å². The molecule has 7 nitrogen and oxygen atoms in total. The number of nitrogens with one attached hydrogen (secondary N) is 1. The van der Waals surface area contributed by atoms with Crippen LogP contribution in [0.2, 0.25) is 0 Å². The number of benzene rings is 1. The molecule has 0 radical (unpaired) electrons. The second kappa shape index (κ2) is 5.85. The van der Waals surface area contributed by atoms with Crippen molar-refractivity contribution in [2.45, 2.75) is 6.42 Å². The number of nitrogens with zero attached hydrogens (tertiary/aromatic N) is 1. The third kappa shape index (κ3) is 3.69. The number of carbonyl (C=O) groups is 2. The van der Waals surface area contributed by atoms with Crippen LogP contribution in [0.4, 0.5) is 14.5 Å². The Morgan fingerprint density at radius 1 is 1.32 bits per heavy atom. The predicted molar refractivity (Wildman–Crippen MR) is 57.6 cm³/mol. The molecule has 1 amide bonds. The zero-order chi connectivity index (χ0) is 14.6. The quantitative estimate of drug-likeness (QED) is 0.616. The van der Waals surface area contributed by atoms with E-state index in [0.717, 1.165) is 0 Å². The Hall–Kier alpha value is -2.58. The van der Waals surface area contributed by atoms with Gasteiger partial charge in [0.15, 0.2) is 11.6 Å². The normalized spacial score (nSPS) is 10.0. The van der Waals surface area contributed by atoms with Gasteiger partial charge in [-0.1, -0.05) is 0 Å². The molecule has 102 valence electrons. The molecule has 0 aliphatic rings. The number of rotatable bonds is 5. The van der Waals surface area contributed by atoms with Crippen LogP contribution in [0.5, 0.6) is 0 Å². The molecule has 0 bridgehead atoms. The van der Waals surface area contributed by atoms with Gasteiger partial charge < -0.3 is 10.4 Å². The molecule has 0 unspecified atom stereocenters. The minimum atomic E-state index is -1.45. The van der Waals surface area contributed by atoms with Crippen molar-refractivity contribution in [3.8, 4) is 0 Å². The first kappa shape index (κ1) is 14.5. The Bertz CT molecular complexity index is 547. The van der Waals surface area contributed by atoms with Gasteiger partial charge in [-0.05, 0) is 6.07 Å². The number of carboxylic acid groups (broad SMARTS) is 1. The first-order valence-corrected chi connectivity index (χ1v) is 4.96. The molecule has 9 heteroatoms. The van der Waals surface area contributed by atoms with E-state index >= 15 is 0 Å². The second-order valence-corrected chi connectivity index (χ2v) is 3.44. The lowest BCUT2D eigenvalue weighted by molar-refractivity contribution is -0.385. The Morgan fingerprint density at radius 3 is 2.42 bits per heavy atom. The van der Waals surface area contributed by atoms with Crippen molar-refractivity contribution in [2.24, 2.45) is 0 Å². The summed E-state index contributed by atoms with van der Waals surface area (Å²) in [6, 6.07) is 0.686. The maximum absolute atomic E-state index is 13.0. The van der Waals surface area contributed by atoms with Crippen LogP contribution in [-0.2, 0) is 4.79 Å². The molecule has 0 atom stereocenters. The molecular formula is C10H8F2N2O5. The van der Waals surface area contributed by atoms with Gasteiger partial charge in [-0.25, -0.2) is 8.78 Å². The zero-order valence-corrected chi connectivity index (χ0v) is 9.35. The summed E-state index contributed by atoms with van der Waals surface area (Å²) in [5.74, 6) is -5.09. The van der Waals surface area contributed by atoms with Crippen molar-refractivity contribution in [1.82, 2.24) is 5.32 Å². The molecule has 0 saturated heterocycles. The maximum atomic E-state index is 13.0. The van der Waals surface area contributed by atoms with E-state index in [1.807, 2.05) is 0 Å². The summed E-state index contributed by atoms with van der Waals surface area (Å²) < 4.78 is 25.8. The molecule has 19 heavy (non-hydrogen) atoms. The monoisotopic (exact) mass is 274 g/mol. The van der Waals surface area contributed by atoms with Crippen molar-refractivity contribution in [1.29, 1.82) is 0 Å². The van der Waals surface area contributed by atoms with E-state index in [4.69, 9.17) is 5.11 Å². The fourth-order valence-electron chi connectivity index (χ4n) is 1.25. The predicted octanol–water partition coefficient (Wildman–Crippen LogP) is 1.08. The van der Waals surface area contributed by atoms with Gasteiger partial charge in [-0.15, -0.1) is 0 Å². The van der Waals surface area contributed by atoms with Crippen LogP contribution in [0.1, 0.15) is 16.8 Å². The van der Waals surface area contributed by atoms with Gasteiger partial charge in [-0.3, -0.25) is 19.7 Å². The highest BCUT2D eigenvalue weighted by atomic mass is 19.2. The largest absolute Gasteiger partial charge is 0.481 e. The van der Waals surface area contributed by atoms with Crippen molar-refractivity contribution in [3.05, 3.63) is 39.4 Å². The number of hydrogen-bond donors (Lipinski definition) is 2. The molecule has 0 saturated carbocycles. The summed E-state index contributed by atoms with van der Waals surface area (Å²) in [5.41, 5.74) is -1.57. The lowest BCUT2D eigenvalue weighted by Gasteiger charge is -2.05.